The third-order valence-electron chi connectivity index (χ3n) is 4.08. The van der Waals surface area contributed by atoms with Crippen LogP contribution in [0.15, 0.2) is 0 Å². The molecule has 0 spiro atoms. The first kappa shape index (κ1) is 23.5. The second-order valence-corrected chi connectivity index (χ2v) is 15.1. The smallest absolute Gasteiger partial charge is 0.191 e. The zero-order chi connectivity index (χ0) is 16.8. The molecule has 0 aromatic heterocycles. The van der Waals surface area contributed by atoms with E-state index in [0.717, 1.165) is 32.5 Å². The lowest BCUT2D eigenvalue weighted by Crippen LogP contribution is -2.35. The maximum atomic E-state index is 5.62. The van der Waals surface area contributed by atoms with Crippen molar-refractivity contribution in [1.29, 1.82) is 0 Å². The predicted molar refractivity (Wildman–Crippen MR) is 99.8 cm³/mol. The molecule has 6 heteroatoms. The van der Waals surface area contributed by atoms with E-state index in [-0.39, 0.29) is 0 Å². The van der Waals surface area contributed by atoms with Crippen LogP contribution in [0.4, 0.5) is 0 Å². The van der Waals surface area contributed by atoms with Crippen molar-refractivity contribution in [2.24, 2.45) is 11.5 Å². The average Bonchev–Trinajstić information content (AvgIpc) is 2.48. The van der Waals surface area contributed by atoms with Crippen molar-refractivity contribution in [3.05, 3.63) is 0 Å². The monoisotopic (exact) mass is 336 g/mol. The van der Waals surface area contributed by atoms with Gasteiger partial charge in [0, 0.05) is 13.7 Å². The summed E-state index contributed by atoms with van der Waals surface area (Å²) in [6, 6.07) is 4.87. The lowest BCUT2D eigenvalue weighted by molar-refractivity contribution is 0.328. The summed E-state index contributed by atoms with van der Waals surface area (Å²) < 4.78 is 11.2. The molecule has 130 valence electrons. The zero-order valence-electron chi connectivity index (χ0n) is 15.3. The highest BCUT2D eigenvalue weighted by atomic mass is 28.4. The highest BCUT2D eigenvalue weighted by molar-refractivity contribution is 6.73. The van der Waals surface area contributed by atoms with Gasteiger partial charge >= 0.3 is 0 Å². The minimum absolute atomic E-state index is 0.795. The average molecular weight is 337 g/mol. The normalized spacial score (nSPS) is 12.0. The molecule has 0 fully saturated rings. The first-order valence-electron chi connectivity index (χ1n) is 8.46. The van der Waals surface area contributed by atoms with E-state index in [1.165, 1.54) is 24.2 Å². The van der Waals surface area contributed by atoms with Crippen molar-refractivity contribution in [2.75, 3.05) is 26.8 Å². The fraction of sp³-hybridized carbons (Fsp3) is 1.00. The molecule has 21 heavy (non-hydrogen) atoms. The summed E-state index contributed by atoms with van der Waals surface area (Å²) >= 11 is 0. The van der Waals surface area contributed by atoms with Gasteiger partial charge in [-0.25, -0.2) is 0 Å². The maximum Gasteiger partial charge on any atom is 0.191 e. The highest BCUT2D eigenvalue weighted by Crippen LogP contribution is 2.22. The lowest BCUT2D eigenvalue weighted by Gasteiger charge is -2.26. The molecule has 0 amide bonds. The fourth-order valence-electron chi connectivity index (χ4n) is 2.41. The first-order valence-corrected chi connectivity index (χ1v) is 14.1. The SMILES string of the molecule is CCO[Si](C)(C)CCCN.CC[Si](CC)(CCCN)OC. The Morgan fingerprint density at radius 3 is 1.67 bits per heavy atom. The van der Waals surface area contributed by atoms with Crippen LogP contribution in [0.1, 0.15) is 33.6 Å². The van der Waals surface area contributed by atoms with Crippen LogP contribution >= 0.6 is 0 Å². The van der Waals surface area contributed by atoms with Gasteiger partial charge in [0.1, 0.15) is 0 Å². The molecule has 0 unspecified atom stereocenters. The third kappa shape index (κ3) is 12.5. The molecule has 0 radical (unpaired) electrons. The summed E-state index contributed by atoms with van der Waals surface area (Å²) in [7, 11) is -0.766. The molecule has 0 aromatic carbocycles. The summed E-state index contributed by atoms with van der Waals surface area (Å²) in [5, 5.41) is 0. The van der Waals surface area contributed by atoms with Crippen molar-refractivity contribution in [2.45, 2.75) is 70.9 Å². The fourth-order valence-corrected chi connectivity index (χ4v) is 7.23. The largest absolute Gasteiger partial charge is 0.420 e. The van der Waals surface area contributed by atoms with Crippen LogP contribution in [0.3, 0.4) is 0 Å². The highest BCUT2D eigenvalue weighted by Gasteiger charge is 2.28. The quantitative estimate of drug-likeness (QED) is 0.566. The van der Waals surface area contributed by atoms with Crippen LogP contribution in [0, 0.1) is 0 Å². The van der Waals surface area contributed by atoms with Gasteiger partial charge in [0.2, 0.25) is 0 Å². The number of rotatable bonds is 11. The van der Waals surface area contributed by atoms with E-state index in [4.69, 9.17) is 20.3 Å². The standard InChI is InChI=1S/C8H21NOSi.C7H19NOSi/c1-4-11(5-2,10-3)8-6-7-9;1-4-9-10(2,3)7-5-6-8/h4-9H2,1-3H3;4-8H2,1-3H3. The van der Waals surface area contributed by atoms with E-state index >= 15 is 0 Å². The van der Waals surface area contributed by atoms with Crippen molar-refractivity contribution in [1.82, 2.24) is 0 Å². The van der Waals surface area contributed by atoms with E-state index in [1.807, 2.05) is 7.11 Å². The summed E-state index contributed by atoms with van der Waals surface area (Å²) in [4.78, 5) is 0. The Morgan fingerprint density at radius 2 is 1.33 bits per heavy atom. The van der Waals surface area contributed by atoms with Crippen LogP contribution in [0.25, 0.3) is 0 Å². The summed E-state index contributed by atoms with van der Waals surface area (Å²) in [5.74, 6) is 0. The van der Waals surface area contributed by atoms with Gasteiger partial charge in [0.05, 0.1) is 0 Å². The van der Waals surface area contributed by atoms with Gasteiger partial charge in [-0.15, -0.1) is 0 Å². The molecule has 0 heterocycles. The van der Waals surface area contributed by atoms with Crippen molar-refractivity contribution in [3.63, 3.8) is 0 Å². The van der Waals surface area contributed by atoms with Gasteiger partial charge in [-0.1, -0.05) is 13.8 Å². The van der Waals surface area contributed by atoms with Gasteiger partial charge in [-0.05, 0) is 70.1 Å². The molecule has 4 N–H and O–H groups in total. The number of hydrogen-bond donors (Lipinski definition) is 2. The molecule has 0 aliphatic heterocycles. The Labute approximate surface area is 135 Å². The molecule has 0 aliphatic rings. The summed E-state index contributed by atoms with van der Waals surface area (Å²) in [5.41, 5.74) is 10.9. The Morgan fingerprint density at radius 1 is 0.857 bits per heavy atom. The van der Waals surface area contributed by atoms with Crippen LogP contribution in [0.5, 0.6) is 0 Å². The van der Waals surface area contributed by atoms with Crippen LogP contribution in [-0.4, -0.2) is 43.4 Å². The maximum absolute atomic E-state index is 5.62. The van der Waals surface area contributed by atoms with Crippen molar-refractivity contribution < 1.29 is 8.85 Å². The molecule has 0 aliphatic carbocycles. The minimum Gasteiger partial charge on any atom is -0.420 e. The second-order valence-electron chi connectivity index (χ2n) is 6.07. The first-order chi connectivity index (χ1) is 9.86. The van der Waals surface area contributed by atoms with Gasteiger partial charge in [-0.2, -0.15) is 0 Å². The topological polar surface area (TPSA) is 70.5 Å². The molecule has 0 atom stereocenters. The zero-order valence-corrected chi connectivity index (χ0v) is 17.3. The van der Waals surface area contributed by atoms with E-state index in [2.05, 4.69) is 33.9 Å². The molecular weight excluding hydrogens is 296 g/mol. The molecule has 0 bridgehead atoms. The number of hydrogen-bond acceptors (Lipinski definition) is 4. The van der Waals surface area contributed by atoms with E-state index in [1.54, 1.807) is 0 Å². The third-order valence-corrected chi connectivity index (χ3v) is 11.4. The van der Waals surface area contributed by atoms with Crippen molar-refractivity contribution >= 4 is 16.6 Å². The van der Waals surface area contributed by atoms with Crippen molar-refractivity contribution in [3.8, 4) is 0 Å². The molecule has 0 rings (SSSR count). The Balaban J connectivity index is 0. The van der Waals surface area contributed by atoms with Gasteiger partial charge in [0.15, 0.2) is 16.6 Å². The Hall–Kier alpha value is 0.274. The lowest BCUT2D eigenvalue weighted by atomic mass is 10.5. The molecular formula is C15H40N2O2Si2. The Bertz CT molecular complexity index is 217. The van der Waals surface area contributed by atoms with Crippen LogP contribution in [-0.2, 0) is 8.85 Å². The molecule has 0 aromatic rings. The Kier molecular flexibility index (Phi) is 15.6. The second kappa shape index (κ2) is 13.9. The van der Waals surface area contributed by atoms with Gasteiger partial charge < -0.3 is 20.3 Å². The minimum atomic E-state index is -1.32. The van der Waals surface area contributed by atoms with Crippen LogP contribution in [0.2, 0.25) is 37.3 Å². The summed E-state index contributed by atoms with van der Waals surface area (Å²) in [6.45, 7) is 13.5. The van der Waals surface area contributed by atoms with Gasteiger partial charge in [-0.3, -0.25) is 0 Å². The molecule has 4 nitrogen and oxygen atoms in total. The predicted octanol–water partition coefficient (Wildman–Crippen LogP) is 3.54. The molecule has 0 saturated heterocycles. The molecule has 0 saturated carbocycles. The van der Waals surface area contributed by atoms with E-state index in [0.29, 0.717) is 0 Å². The van der Waals surface area contributed by atoms with Gasteiger partial charge in [0.25, 0.3) is 0 Å². The summed E-state index contributed by atoms with van der Waals surface area (Å²) in [6.07, 6.45) is 2.24. The van der Waals surface area contributed by atoms with E-state index < -0.39 is 16.6 Å². The van der Waals surface area contributed by atoms with E-state index in [9.17, 15) is 0 Å². The van der Waals surface area contributed by atoms with Crippen LogP contribution < -0.4 is 11.5 Å². The number of nitrogens with two attached hydrogens (primary N) is 2.